The monoisotopic (exact) mass is 382 g/mol. The van der Waals surface area contributed by atoms with Crippen LogP contribution in [0.1, 0.15) is 10.4 Å². The molecule has 5 aromatic rings. The van der Waals surface area contributed by atoms with Gasteiger partial charge in [0, 0.05) is 33.4 Å². The number of benzene rings is 3. The predicted molar refractivity (Wildman–Crippen MR) is 121 cm³/mol. The molecule has 0 bridgehead atoms. The molecule has 2 heterocycles. The number of nitrogens with one attached hydrogen (secondary N) is 2. The third kappa shape index (κ3) is 3.35. The van der Waals surface area contributed by atoms with Gasteiger partial charge in [-0.2, -0.15) is 0 Å². The van der Waals surface area contributed by atoms with Gasteiger partial charge >= 0.3 is 0 Å². The molecule has 0 unspecified atom stereocenters. The lowest BCUT2D eigenvalue weighted by atomic mass is 10.0. The van der Waals surface area contributed by atoms with Crippen molar-refractivity contribution < 1.29 is 0 Å². The highest BCUT2D eigenvalue weighted by Gasteiger charge is 2.07. The summed E-state index contributed by atoms with van der Waals surface area (Å²) in [6.07, 6.45) is 3.17. The predicted octanol–water partition coefficient (Wildman–Crippen LogP) is 6.38. The van der Waals surface area contributed by atoms with E-state index >= 15 is 0 Å². The molecule has 0 saturated heterocycles. The van der Waals surface area contributed by atoms with Gasteiger partial charge in [0.05, 0.1) is 0 Å². The Morgan fingerprint density at radius 3 is 2.57 bits per heavy atom. The first-order chi connectivity index (χ1) is 13.9. The molecule has 0 aliphatic carbocycles. The van der Waals surface area contributed by atoms with Gasteiger partial charge in [-0.3, -0.25) is 0 Å². The normalized spacial score (nSPS) is 11.4. The van der Waals surface area contributed by atoms with E-state index in [1.54, 1.807) is 0 Å². The van der Waals surface area contributed by atoms with E-state index in [1.165, 1.54) is 42.6 Å². The van der Waals surface area contributed by atoms with E-state index in [4.69, 9.17) is 0 Å². The summed E-state index contributed by atoms with van der Waals surface area (Å²) in [6.45, 7) is 1.89. The van der Waals surface area contributed by atoms with Gasteiger partial charge in [0.15, 0.2) is 0 Å². The van der Waals surface area contributed by atoms with E-state index in [-0.39, 0.29) is 0 Å². The maximum absolute atomic E-state index is 3.60. The van der Waals surface area contributed by atoms with Gasteiger partial charge in [-0.1, -0.05) is 60.7 Å². The molecular weight excluding hydrogens is 360 g/mol. The molecule has 2 nitrogen and oxygen atoms in total. The van der Waals surface area contributed by atoms with Crippen molar-refractivity contribution in [3.8, 4) is 10.4 Å². The van der Waals surface area contributed by atoms with Crippen molar-refractivity contribution in [2.75, 3.05) is 6.54 Å². The molecule has 28 heavy (non-hydrogen) atoms. The van der Waals surface area contributed by atoms with Crippen LogP contribution < -0.4 is 5.32 Å². The first kappa shape index (κ1) is 17.2. The van der Waals surface area contributed by atoms with Gasteiger partial charge in [-0.15, -0.1) is 11.3 Å². The third-order valence-electron chi connectivity index (χ3n) is 5.26. The first-order valence-electron chi connectivity index (χ1n) is 9.71. The van der Waals surface area contributed by atoms with Crippen LogP contribution in [0, 0.1) is 0 Å². The minimum Gasteiger partial charge on any atom is -0.361 e. The Morgan fingerprint density at radius 1 is 0.786 bits per heavy atom. The molecule has 0 atom stereocenters. The fourth-order valence-electron chi connectivity index (χ4n) is 3.83. The Bertz CT molecular complexity index is 1230. The average molecular weight is 383 g/mol. The standard InChI is InChI=1S/C25H22N2S/c1-2-8-21-18(6-1)7-5-10-23(21)25-13-12-20(28-25)17-26-15-14-19-16-27-24-11-4-3-9-22(19)24/h1-13,16,26-27H,14-15,17H2. The van der Waals surface area contributed by atoms with Crippen molar-refractivity contribution in [3.05, 3.63) is 95.5 Å². The zero-order chi connectivity index (χ0) is 18.8. The summed E-state index contributed by atoms with van der Waals surface area (Å²) in [4.78, 5) is 6.07. The summed E-state index contributed by atoms with van der Waals surface area (Å²) in [5.41, 5.74) is 3.93. The zero-order valence-electron chi connectivity index (χ0n) is 15.6. The van der Waals surface area contributed by atoms with Gasteiger partial charge in [0.1, 0.15) is 0 Å². The van der Waals surface area contributed by atoms with Crippen LogP contribution >= 0.6 is 11.3 Å². The number of aromatic nitrogens is 1. The molecular formula is C25H22N2S. The average Bonchev–Trinajstić information content (AvgIpc) is 3.38. The van der Waals surface area contributed by atoms with Crippen LogP contribution in [-0.2, 0) is 13.0 Å². The molecule has 0 aliphatic rings. The van der Waals surface area contributed by atoms with Crippen LogP contribution in [0.4, 0.5) is 0 Å². The number of thiophene rings is 1. The van der Waals surface area contributed by atoms with E-state index < -0.39 is 0 Å². The van der Waals surface area contributed by atoms with Crippen LogP contribution in [0.3, 0.4) is 0 Å². The number of rotatable bonds is 6. The molecule has 0 amide bonds. The third-order valence-corrected chi connectivity index (χ3v) is 6.38. The Kier molecular flexibility index (Phi) is 4.69. The van der Waals surface area contributed by atoms with Crippen LogP contribution in [0.15, 0.2) is 85.1 Å². The summed E-state index contributed by atoms with van der Waals surface area (Å²) in [6, 6.07) is 28.2. The highest BCUT2D eigenvalue weighted by molar-refractivity contribution is 7.15. The maximum Gasteiger partial charge on any atom is 0.0456 e. The molecule has 0 radical (unpaired) electrons. The molecule has 0 aliphatic heterocycles. The van der Waals surface area contributed by atoms with Gasteiger partial charge < -0.3 is 10.3 Å². The maximum atomic E-state index is 3.60. The van der Waals surface area contributed by atoms with Crippen LogP contribution in [-0.4, -0.2) is 11.5 Å². The minimum atomic E-state index is 0.914. The SMILES string of the molecule is c1ccc2c(-c3ccc(CNCCc4c[nH]c5ccccc45)s3)cccc2c1. The van der Waals surface area contributed by atoms with Crippen molar-refractivity contribution >= 4 is 33.0 Å². The van der Waals surface area contributed by atoms with E-state index in [2.05, 4.69) is 95.4 Å². The number of fused-ring (bicyclic) bond motifs is 2. The zero-order valence-corrected chi connectivity index (χ0v) is 16.4. The summed E-state index contributed by atoms with van der Waals surface area (Å²) >= 11 is 1.88. The quantitative estimate of drug-likeness (QED) is 0.328. The summed E-state index contributed by atoms with van der Waals surface area (Å²) in [5.74, 6) is 0. The van der Waals surface area contributed by atoms with Crippen LogP contribution in [0.25, 0.3) is 32.1 Å². The molecule has 138 valence electrons. The second-order valence-electron chi connectivity index (χ2n) is 7.08. The first-order valence-corrected chi connectivity index (χ1v) is 10.5. The van der Waals surface area contributed by atoms with Gasteiger partial charge in [-0.25, -0.2) is 0 Å². The van der Waals surface area contributed by atoms with Crippen molar-refractivity contribution in [2.45, 2.75) is 13.0 Å². The minimum absolute atomic E-state index is 0.914. The molecule has 2 N–H and O–H groups in total. The summed E-state index contributed by atoms with van der Waals surface area (Å²) in [7, 11) is 0. The van der Waals surface area contributed by atoms with Gasteiger partial charge in [-0.05, 0) is 53.1 Å². The Balaban J connectivity index is 1.24. The van der Waals surface area contributed by atoms with Crippen molar-refractivity contribution in [2.24, 2.45) is 0 Å². The van der Waals surface area contributed by atoms with Crippen molar-refractivity contribution in [1.82, 2.24) is 10.3 Å². The topological polar surface area (TPSA) is 27.8 Å². The fourth-order valence-corrected chi connectivity index (χ4v) is 4.85. The van der Waals surface area contributed by atoms with E-state index in [1.807, 2.05) is 11.3 Å². The highest BCUT2D eigenvalue weighted by Crippen LogP contribution is 2.33. The lowest BCUT2D eigenvalue weighted by Gasteiger charge is -2.04. The van der Waals surface area contributed by atoms with Gasteiger partial charge in [0.25, 0.3) is 0 Å². The van der Waals surface area contributed by atoms with E-state index in [9.17, 15) is 0 Å². The number of H-pyrrole nitrogens is 1. The lowest BCUT2D eigenvalue weighted by Crippen LogP contribution is -2.15. The van der Waals surface area contributed by atoms with Gasteiger partial charge in [0.2, 0.25) is 0 Å². The molecule has 3 heteroatoms. The second-order valence-corrected chi connectivity index (χ2v) is 8.25. The lowest BCUT2D eigenvalue weighted by molar-refractivity contribution is 0.695. The number of para-hydroxylation sites is 1. The number of hydrogen-bond acceptors (Lipinski definition) is 2. The summed E-state index contributed by atoms with van der Waals surface area (Å²) < 4.78 is 0. The molecule has 0 saturated carbocycles. The molecule has 0 spiro atoms. The Morgan fingerprint density at radius 2 is 1.61 bits per heavy atom. The second kappa shape index (κ2) is 7.63. The Labute approximate surface area is 168 Å². The molecule has 0 fully saturated rings. The molecule has 5 rings (SSSR count). The number of hydrogen-bond donors (Lipinski definition) is 2. The number of aromatic amines is 1. The highest BCUT2D eigenvalue weighted by atomic mass is 32.1. The Hall–Kier alpha value is -2.88. The van der Waals surface area contributed by atoms with Crippen LogP contribution in [0.2, 0.25) is 0 Å². The van der Waals surface area contributed by atoms with E-state index in [0.717, 1.165) is 19.5 Å². The molecule has 2 aromatic heterocycles. The van der Waals surface area contributed by atoms with Crippen molar-refractivity contribution in [3.63, 3.8) is 0 Å². The fraction of sp³-hybridized carbons (Fsp3) is 0.120. The largest absolute Gasteiger partial charge is 0.361 e. The summed E-state index contributed by atoms with van der Waals surface area (Å²) in [5, 5.41) is 7.56. The van der Waals surface area contributed by atoms with Crippen molar-refractivity contribution in [1.29, 1.82) is 0 Å². The van der Waals surface area contributed by atoms with E-state index in [0.29, 0.717) is 0 Å². The molecule has 3 aromatic carbocycles. The smallest absolute Gasteiger partial charge is 0.0456 e. The van der Waals surface area contributed by atoms with Crippen LogP contribution in [0.5, 0.6) is 0 Å².